The van der Waals surface area contributed by atoms with Crippen LogP contribution in [0.15, 0.2) is 29.2 Å². The summed E-state index contributed by atoms with van der Waals surface area (Å²) in [7, 11) is -0.343. The number of hydrogen-bond donors (Lipinski definition) is 2. The fourth-order valence-corrected chi connectivity index (χ4v) is 3.59. The number of nitrogens with one attached hydrogen (secondary N) is 2. The fourth-order valence-electron chi connectivity index (χ4n) is 2.22. The Labute approximate surface area is 162 Å². The number of carbonyl (C=O) groups is 2. The zero-order chi connectivity index (χ0) is 20.6. The predicted octanol–water partition coefficient (Wildman–Crippen LogP) is 1.11. The van der Waals surface area contributed by atoms with Crippen molar-refractivity contribution in [2.75, 3.05) is 39.0 Å². The van der Waals surface area contributed by atoms with Gasteiger partial charge >= 0.3 is 0 Å². The molecule has 1 rings (SSSR count). The molecule has 8 nitrogen and oxygen atoms in total. The highest BCUT2D eigenvalue weighted by Gasteiger charge is 2.22. The minimum Gasteiger partial charge on any atom is -0.355 e. The Hall–Kier alpha value is -1.97. The number of amides is 2. The summed E-state index contributed by atoms with van der Waals surface area (Å²) in [4.78, 5) is 25.5. The highest BCUT2D eigenvalue weighted by molar-refractivity contribution is 7.89. The van der Waals surface area contributed by atoms with Gasteiger partial charge in [-0.2, -0.15) is 4.31 Å². The molecule has 0 heterocycles. The minimum atomic E-state index is -3.56. The Morgan fingerprint density at radius 1 is 1.04 bits per heavy atom. The normalized spacial score (nSPS) is 11.9. The van der Waals surface area contributed by atoms with Crippen LogP contribution in [0.2, 0.25) is 0 Å². The number of carbonyl (C=O) groups excluding carboxylic acids is 2. The van der Waals surface area contributed by atoms with E-state index < -0.39 is 10.0 Å². The van der Waals surface area contributed by atoms with E-state index in [-0.39, 0.29) is 35.8 Å². The zero-order valence-electron chi connectivity index (χ0n) is 16.7. The lowest BCUT2D eigenvalue weighted by molar-refractivity contribution is -0.122. The molecule has 1 aromatic carbocycles. The summed E-state index contributed by atoms with van der Waals surface area (Å²) in [6, 6.07) is 5.87. The standard InChI is InChI=1S/C18H30N4O4S/c1-6-11-19-17(23)12-21(4)13-18(24)20-15-7-9-16(10-8-15)27(25,26)22(5)14(2)3/h7-10,14H,6,11-13H2,1-5H3,(H,19,23)(H,20,24). The third-order valence-electron chi connectivity index (χ3n) is 3.94. The summed E-state index contributed by atoms with van der Waals surface area (Å²) in [6.45, 7) is 6.35. The van der Waals surface area contributed by atoms with Crippen molar-refractivity contribution in [3.8, 4) is 0 Å². The van der Waals surface area contributed by atoms with E-state index in [0.29, 0.717) is 12.2 Å². The molecule has 1 aromatic rings. The Morgan fingerprint density at radius 2 is 1.59 bits per heavy atom. The summed E-state index contributed by atoms with van der Waals surface area (Å²) in [6.07, 6.45) is 0.856. The van der Waals surface area contributed by atoms with Crippen LogP contribution in [0, 0.1) is 0 Å². The number of sulfonamides is 1. The molecular formula is C18H30N4O4S. The Balaban J connectivity index is 2.62. The van der Waals surface area contributed by atoms with E-state index in [1.54, 1.807) is 37.9 Å². The van der Waals surface area contributed by atoms with Gasteiger partial charge in [0, 0.05) is 25.3 Å². The predicted molar refractivity (Wildman–Crippen MR) is 106 cm³/mol. The average Bonchev–Trinajstić information content (AvgIpc) is 2.59. The van der Waals surface area contributed by atoms with E-state index in [1.165, 1.54) is 23.5 Å². The minimum absolute atomic E-state index is 0.0513. The molecule has 0 saturated heterocycles. The van der Waals surface area contributed by atoms with Gasteiger partial charge in [-0.05, 0) is 51.6 Å². The molecule has 152 valence electrons. The molecule has 0 fully saturated rings. The van der Waals surface area contributed by atoms with Crippen LogP contribution in [0.25, 0.3) is 0 Å². The van der Waals surface area contributed by atoms with Crippen molar-refractivity contribution >= 4 is 27.5 Å². The second kappa shape index (κ2) is 10.4. The van der Waals surface area contributed by atoms with Crippen LogP contribution >= 0.6 is 0 Å². The van der Waals surface area contributed by atoms with Crippen molar-refractivity contribution in [3.63, 3.8) is 0 Å². The van der Waals surface area contributed by atoms with E-state index in [1.807, 2.05) is 6.92 Å². The summed E-state index contributed by atoms with van der Waals surface area (Å²) >= 11 is 0. The molecule has 2 amide bonds. The largest absolute Gasteiger partial charge is 0.355 e. The van der Waals surface area contributed by atoms with Crippen molar-refractivity contribution in [2.24, 2.45) is 0 Å². The number of likely N-dealkylation sites (N-methyl/N-ethyl adjacent to an activating group) is 1. The number of rotatable bonds is 10. The molecule has 0 atom stereocenters. The van der Waals surface area contributed by atoms with Gasteiger partial charge < -0.3 is 10.6 Å². The van der Waals surface area contributed by atoms with Crippen LogP contribution in [-0.2, 0) is 19.6 Å². The molecule has 0 aliphatic carbocycles. The lowest BCUT2D eigenvalue weighted by Gasteiger charge is -2.21. The van der Waals surface area contributed by atoms with Crippen LogP contribution in [0.5, 0.6) is 0 Å². The fraction of sp³-hybridized carbons (Fsp3) is 0.556. The van der Waals surface area contributed by atoms with Crippen molar-refractivity contribution < 1.29 is 18.0 Å². The molecule has 0 spiro atoms. The van der Waals surface area contributed by atoms with E-state index in [2.05, 4.69) is 10.6 Å². The number of nitrogens with zero attached hydrogens (tertiary/aromatic N) is 2. The van der Waals surface area contributed by atoms with E-state index >= 15 is 0 Å². The van der Waals surface area contributed by atoms with Crippen LogP contribution in [-0.4, -0.2) is 69.2 Å². The van der Waals surface area contributed by atoms with Crippen LogP contribution in [0.3, 0.4) is 0 Å². The SMILES string of the molecule is CCCNC(=O)CN(C)CC(=O)Nc1ccc(S(=O)(=O)N(C)C(C)C)cc1. The second-order valence-electron chi connectivity index (χ2n) is 6.71. The lowest BCUT2D eigenvalue weighted by atomic mass is 10.3. The van der Waals surface area contributed by atoms with Gasteiger partial charge in [-0.3, -0.25) is 14.5 Å². The van der Waals surface area contributed by atoms with Gasteiger partial charge in [-0.15, -0.1) is 0 Å². The summed E-state index contributed by atoms with van der Waals surface area (Å²) in [5, 5.41) is 5.45. The zero-order valence-corrected chi connectivity index (χ0v) is 17.5. The molecule has 0 radical (unpaired) electrons. The van der Waals surface area contributed by atoms with Gasteiger partial charge in [-0.1, -0.05) is 6.92 Å². The van der Waals surface area contributed by atoms with E-state index in [0.717, 1.165) is 6.42 Å². The lowest BCUT2D eigenvalue weighted by Crippen LogP contribution is -2.39. The van der Waals surface area contributed by atoms with Crippen molar-refractivity contribution in [2.45, 2.75) is 38.1 Å². The first-order valence-corrected chi connectivity index (χ1v) is 10.3. The molecule has 0 aliphatic heterocycles. The molecule has 0 aliphatic rings. The van der Waals surface area contributed by atoms with Gasteiger partial charge in [0.1, 0.15) is 0 Å². The first kappa shape index (κ1) is 23.1. The number of anilines is 1. The molecule has 27 heavy (non-hydrogen) atoms. The van der Waals surface area contributed by atoms with E-state index in [9.17, 15) is 18.0 Å². The molecule has 0 bridgehead atoms. The van der Waals surface area contributed by atoms with Gasteiger partial charge in [0.25, 0.3) is 0 Å². The quantitative estimate of drug-likeness (QED) is 0.615. The van der Waals surface area contributed by atoms with Gasteiger partial charge in [-0.25, -0.2) is 8.42 Å². The van der Waals surface area contributed by atoms with Crippen LogP contribution in [0.1, 0.15) is 27.2 Å². The van der Waals surface area contributed by atoms with E-state index in [4.69, 9.17) is 0 Å². The molecule has 0 saturated carbocycles. The Kier molecular flexibility index (Phi) is 8.87. The highest BCUT2D eigenvalue weighted by Crippen LogP contribution is 2.19. The molecular weight excluding hydrogens is 368 g/mol. The smallest absolute Gasteiger partial charge is 0.243 e. The first-order chi connectivity index (χ1) is 12.6. The Bertz CT molecular complexity index is 732. The number of hydrogen-bond acceptors (Lipinski definition) is 5. The second-order valence-corrected chi connectivity index (χ2v) is 8.71. The summed E-state index contributed by atoms with van der Waals surface area (Å²) in [5.41, 5.74) is 0.495. The molecule has 2 N–H and O–H groups in total. The maximum absolute atomic E-state index is 12.4. The summed E-state index contributed by atoms with van der Waals surface area (Å²) < 4.78 is 26.1. The third kappa shape index (κ3) is 7.28. The average molecular weight is 399 g/mol. The van der Waals surface area contributed by atoms with Gasteiger partial charge in [0.05, 0.1) is 18.0 Å². The first-order valence-electron chi connectivity index (χ1n) is 8.91. The van der Waals surface area contributed by atoms with Crippen molar-refractivity contribution in [1.29, 1.82) is 0 Å². The maximum Gasteiger partial charge on any atom is 0.243 e. The maximum atomic E-state index is 12.4. The van der Waals surface area contributed by atoms with Crippen molar-refractivity contribution in [1.82, 2.24) is 14.5 Å². The van der Waals surface area contributed by atoms with Gasteiger partial charge in [0.15, 0.2) is 0 Å². The highest BCUT2D eigenvalue weighted by atomic mass is 32.2. The van der Waals surface area contributed by atoms with Crippen LogP contribution < -0.4 is 10.6 Å². The molecule has 0 unspecified atom stereocenters. The Morgan fingerprint density at radius 3 is 2.11 bits per heavy atom. The van der Waals surface area contributed by atoms with Crippen LogP contribution in [0.4, 0.5) is 5.69 Å². The third-order valence-corrected chi connectivity index (χ3v) is 5.99. The van der Waals surface area contributed by atoms with Gasteiger partial charge in [0.2, 0.25) is 21.8 Å². The topological polar surface area (TPSA) is 98.8 Å². The monoisotopic (exact) mass is 398 g/mol. The summed E-state index contributed by atoms with van der Waals surface area (Å²) in [5.74, 6) is -0.410. The molecule has 9 heteroatoms. The molecule has 0 aromatic heterocycles. The van der Waals surface area contributed by atoms with Crippen molar-refractivity contribution in [3.05, 3.63) is 24.3 Å². The number of benzene rings is 1.